The van der Waals surface area contributed by atoms with Crippen LogP contribution in [-0.4, -0.2) is 28.5 Å². The molecule has 0 saturated carbocycles. The number of aromatic nitrogens is 2. The van der Waals surface area contributed by atoms with E-state index in [1.54, 1.807) is 12.4 Å². The molecule has 3 aromatic rings. The summed E-state index contributed by atoms with van der Waals surface area (Å²) >= 11 is 5.93. The van der Waals surface area contributed by atoms with E-state index in [-0.39, 0.29) is 30.9 Å². The van der Waals surface area contributed by atoms with Crippen molar-refractivity contribution in [3.63, 3.8) is 0 Å². The van der Waals surface area contributed by atoms with Gasteiger partial charge in [-0.3, -0.25) is 9.78 Å². The zero-order valence-electron chi connectivity index (χ0n) is 18.4. The zero-order chi connectivity index (χ0) is 23.4. The lowest BCUT2D eigenvalue weighted by atomic mass is 9.91. The second kappa shape index (κ2) is 12.5. The number of benzene rings is 1. The Kier molecular flexibility index (Phi) is 10.3. The number of piperidine rings is 1. The van der Waals surface area contributed by atoms with Crippen molar-refractivity contribution in [2.45, 2.75) is 37.5 Å². The van der Waals surface area contributed by atoms with E-state index in [1.165, 1.54) is 0 Å². The zero-order valence-corrected chi connectivity index (χ0v) is 20.8. The Hall–Kier alpha value is -2.39. The van der Waals surface area contributed by atoms with Gasteiger partial charge in [0.15, 0.2) is 0 Å². The number of pyridine rings is 2. The smallest absolute Gasteiger partial charge is 0.342 e. The van der Waals surface area contributed by atoms with Crippen LogP contribution in [0.25, 0.3) is 11.1 Å². The molecule has 0 aliphatic carbocycles. The molecule has 0 bridgehead atoms. The van der Waals surface area contributed by atoms with Crippen LogP contribution >= 0.6 is 36.4 Å². The average Bonchev–Trinajstić information content (AvgIpc) is 2.83. The molecule has 1 aromatic carbocycles. The number of amides is 1. The maximum atomic E-state index is 13.2. The van der Waals surface area contributed by atoms with Crippen molar-refractivity contribution in [3.05, 3.63) is 82.9 Å². The minimum Gasteiger partial charge on any atom is -0.342 e. The molecule has 1 aliphatic heterocycles. The van der Waals surface area contributed by atoms with Gasteiger partial charge in [0.2, 0.25) is 0 Å². The van der Waals surface area contributed by atoms with E-state index >= 15 is 0 Å². The van der Waals surface area contributed by atoms with E-state index in [0.717, 1.165) is 54.8 Å². The van der Waals surface area contributed by atoms with Crippen molar-refractivity contribution < 1.29 is 18.0 Å². The van der Waals surface area contributed by atoms with Crippen LogP contribution in [0.4, 0.5) is 13.2 Å². The van der Waals surface area contributed by atoms with Gasteiger partial charge < -0.3 is 10.6 Å². The standard InChI is InChI=1S/C24H22ClF3N4O.2ClH/c25-20-18(24(26,27)28)10-13-31-22(20)23(33)32-21(19-5-1-2-12-30-19)16-8-6-15(7-9-16)17-4-3-11-29-14-17;;/h3-4,6-11,13-14,19,21,30H,1-2,5,12H2,(H,32,33);2*1H/t19?,21-;;/m0../s1. The fraction of sp³-hybridized carbons (Fsp3) is 0.292. The molecule has 2 N–H and O–H groups in total. The highest BCUT2D eigenvalue weighted by Gasteiger charge is 2.36. The molecule has 1 unspecified atom stereocenters. The lowest BCUT2D eigenvalue weighted by molar-refractivity contribution is -0.137. The van der Waals surface area contributed by atoms with Gasteiger partial charge >= 0.3 is 6.18 Å². The van der Waals surface area contributed by atoms with Crippen LogP contribution in [0.1, 0.15) is 46.9 Å². The molecular formula is C24H24Cl3F3N4O. The number of halogens is 6. The van der Waals surface area contributed by atoms with E-state index in [4.69, 9.17) is 11.6 Å². The van der Waals surface area contributed by atoms with Gasteiger partial charge in [0, 0.05) is 24.6 Å². The third kappa shape index (κ3) is 6.85. The highest BCUT2D eigenvalue weighted by molar-refractivity contribution is 6.34. The lowest BCUT2D eigenvalue weighted by Gasteiger charge is -2.32. The molecule has 1 fully saturated rings. The molecule has 0 radical (unpaired) electrons. The minimum absolute atomic E-state index is 0. The number of alkyl halides is 3. The Morgan fingerprint density at radius 1 is 1.06 bits per heavy atom. The summed E-state index contributed by atoms with van der Waals surface area (Å²) in [6.45, 7) is 0.799. The topological polar surface area (TPSA) is 66.9 Å². The number of hydrogen-bond acceptors (Lipinski definition) is 4. The molecule has 4 rings (SSSR count). The van der Waals surface area contributed by atoms with Gasteiger partial charge in [0.1, 0.15) is 5.69 Å². The van der Waals surface area contributed by atoms with Crippen LogP contribution in [0.3, 0.4) is 0 Å². The summed E-state index contributed by atoms with van der Waals surface area (Å²) in [6, 6.07) is 11.7. The highest BCUT2D eigenvalue weighted by atomic mass is 35.5. The molecule has 2 aromatic heterocycles. The molecule has 188 valence electrons. The van der Waals surface area contributed by atoms with Crippen molar-refractivity contribution in [1.29, 1.82) is 0 Å². The largest absolute Gasteiger partial charge is 0.417 e. The minimum atomic E-state index is -4.68. The third-order valence-electron chi connectivity index (χ3n) is 5.71. The predicted octanol–water partition coefficient (Wildman–Crippen LogP) is 6.27. The Morgan fingerprint density at radius 3 is 2.40 bits per heavy atom. The van der Waals surface area contributed by atoms with Gasteiger partial charge in [0.25, 0.3) is 5.91 Å². The van der Waals surface area contributed by atoms with Crippen molar-refractivity contribution in [3.8, 4) is 11.1 Å². The van der Waals surface area contributed by atoms with Gasteiger partial charge in [0.05, 0.1) is 16.6 Å². The molecule has 11 heteroatoms. The van der Waals surface area contributed by atoms with Crippen LogP contribution < -0.4 is 10.6 Å². The monoisotopic (exact) mass is 546 g/mol. The number of carbonyl (C=O) groups is 1. The molecule has 2 atom stereocenters. The first-order chi connectivity index (χ1) is 15.8. The average molecular weight is 548 g/mol. The molecule has 1 aliphatic rings. The predicted molar refractivity (Wildman–Crippen MR) is 134 cm³/mol. The van der Waals surface area contributed by atoms with Gasteiger partial charge in [-0.1, -0.05) is 48.4 Å². The first kappa shape index (κ1) is 28.8. The van der Waals surface area contributed by atoms with Crippen LogP contribution in [0, 0.1) is 0 Å². The molecule has 3 heterocycles. The van der Waals surface area contributed by atoms with Crippen molar-refractivity contribution in [2.75, 3.05) is 6.54 Å². The number of nitrogens with one attached hydrogen (secondary N) is 2. The summed E-state index contributed by atoms with van der Waals surface area (Å²) in [5, 5.41) is 5.58. The highest BCUT2D eigenvalue weighted by Crippen LogP contribution is 2.36. The Labute approximate surface area is 218 Å². The first-order valence-corrected chi connectivity index (χ1v) is 11.0. The van der Waals surface area contributed by atoms with E-state index < -0.39 is 34.4 Å². The van der Waals surface area contributed by atoms with Gasteiger partial charge in [-0.05, 0) is 48.2 Å². The normalized spacial score (nSPS) is 16.4. The van der Waals surface area contributed by atoms with E-state index in [9.17, 15) is 18.0 Å². The van der Waals surface area contributed by atoms with Crippen molar-refractivity contribution in [2.24, 2.45) is 0 Å². The summed E-state index contributed by atoms with van der Waals surface area (Å²) in [7, 11) is 0. The molecule has 1 amide bonds. The number of rotatable bonds is 5. The first-order valence-electron chi connectivity index (χ1n) is 10.6. The van der Waals surface area contributed by atoms with Crippen LogP contribution in [-0.2, 0) is 6.18 Å². The maximum Gasteiger partial charge on any atom is 0.417 e. The Balaban J connectivity index is 0.00000216. The summed E-state index contributed by atoms with van der Waals surface area (Å²) in [6.07, 6.45) is 2.56. The maximum absolute atomic E-state index is 13.2. The van der Waals surface area contributed by atoms with Gasteiger partial charge in [-0.15, -0.1) is 24.8 Å². The van der Waals surface area contributed by atoms with Crippen molar-refractivity contribution >= 4 is 42.3 Å². The molecular weight excluding hydrogens is 524 g/mol. The van der Waals surface area contributed by atoms with Gasteiger partial charge in [-0.25, -0.2) is 4.98 Å². The number of hydrogen-bond donors (Lipinski definition) is 2. The van der Waals surface area contributed by atoms with Gasteiger partial charge in [-0.2, -0.15) is 13.2 Å². The number of nitrogens with zero attached hydrogens (tertiary/aromatic N) is 2. The molecule has 1 saturated heterocycles. The molecule has 0 spiro atoms. The van der Waals surface area contributed by atoms with E-state index in [0.29, 0.717) is 0 Å². The fourth-order valence-electron chi connectivity index (χ4n) is 4.03. The fourth-order valence-corrected chi connectivity index (χ4v) is 4.33. The Morgan fingerprint density at radius 2 is 1.80 bits per heavy atom. The quantitative estimate of drug-likeness (QED) is 0.395. The number of carbonyl (C=O) groups excluding carboxylic acids is 1. The van der Waals surface area contributed by atoms with E-state index in [1.807, 2.05) is 36.4 Å². The molecule has 5 nitrogen and oxygen atoms in total. The summed E-state index contributed by atoms with van der Waals surface area (Å²) in [5.41, 5.74) is 1.23. The van der Waals surface area contributed by atoms with E-state index in [2.05, 4.69) is 20.6 Å². The van der Waals surface area contributed by atoms with Crippen LogP contribution in [0.5, 0.6) is 0 Å². The Bertz CT molecular complexity index is 1110. The summed E-state index contributed by atoms with van der Waals surface area (Å²) in [5.74, 6) is -0.750. The van der Waals surface area contributed by atoms with Crippen LogP contribution in [0.15, 0.2) is 61.1 Å². The molecule has 35 heavy (non-hydrogen) atoms. The third-order valence-corrected chi connectivity index (χ3v) is 6.09. The summed E-state index contributed by atoms with van der Waals surface area (Å²) in [4.78, 5) is 21.0. The van der Waals surface area contributed by atoms with Crippen LogP contribution in [0.2, 0.25) is 5.02 Å². The SMILES string of the molecule is Cl.Cl.O=C(N[C@@H](c1ccc(-c2cccnc2)cc1)C1CCCCN1)c1nccc(C(F)(F)F)c1Cl. The lowest BCUT2D eigenvalue weighted by Crippen LogP contribution is -2.46. The second-order valence-corrected chi connectivity index (χ2v) is 8.27. The second-order valence-electron chi connectivity index (χ2n) is 7.89. The summed E-state index contributed by atoms with van der Waals surface area (Å²) < 4.78 is 39.7. The van der Waals surface area contributed by atoms with Crippen molar-refractivity contribution in [1.82, 2.24) is 20.6 Å².